The topological polar surface area (TPSA) is 126 Å². The van der Waals surface area contributed by atoms with Crippen LogP contribution < -0.4 is 10.6 Å². The van der Waals surface area contributed by atoms with Gasteiger partial charge in [0.05, 0.1) is 7.11 Å². The van der Waals surface area contributed by atoms with Crippen molar-refractivity contribution in [3.05, 3.63) is 71.5 Å². The van der Waals surface area contributed by atoms with Crippen molar-refractivity contribution < 1.29 is 19.1 Å². The molecule has 3 N–H and O–H groups in total. The number of aromatic amines is 1. The zero-order valence-electron chi connectivity index (χ0n) is 16.0. The largest absolute Gasteiger partial charge is 0.468 e. The van der Waals surface area contributed by atoms with Gasteiger partial charge >= 0.3 is 5.97 Å². The van der Waals surface area contributed by atoms with E-state index < -0.39 is 11.9 Å². The number of carbonyl (C=O) groups excluding carboxylic acids is 3. The third-order valence-corrected chi connectivity index (χ3v) is 4.94. The van der Waals surface area contributed by atoms with Crippen LogP contribution in [-0.2, 0) is 15.3 Å². The first-order valence-corrected chi connectivity index (χ1v) is 9.87. The molecule has 0 radical (unpaired) electrons. The number of rotatable bonds is 8. The Morgan fingerprint density at radius 3 is 2.57 bits per heavy atom. The molecule has 0 saturated heterocycles. The molecule has 3 rings (SSSR count). The van der Waals surface area contributed by atoms with Gasteiger partial charge in [-0.15, -0.1) is 0 Å². The maximum atomic E-state index is 12.5. The number of methoxy groups -OCH3 is 1. The summed E-state index contributed by atoms with van der Waals surface area (Å²) in [7, 11) is 1.24. The number of ether oxygens (including phenoxy) is 1. The molecule has 0 spiro atoms. The highest BCUT2D eigenvalue weighted by molar-refractivity contribution is 7.98. The zero-order valence-corrected chi connectivity index (χ0v) is 16.9. The SMILES string of the molecule is COC(=O)CNC(=O)c1cccc(NC(=O)c2ccc(CSc3ncn[nH]3)cc2)c1. The molecule has 0 aliphatic rings. The zero-order chi connectivity index (χ0) is 21.3. The number of thioether (sulfide) groups is 1. The van der Waals surface area contributed by atoms with Gasteiger partial charge in [0.25, 0.3) is 11.8 Å². The van der Waals surface area contributed by atoms with Crippen LogP contribution in [0.1, 0.15) is 26.3 Å². The van der Waals surface area contributed by atoms with Gasteiger partial charge in [-0.05, 0) is 35.9 Å². The van der Waals surface area contributed by atoms with Gasteiger partial charge in [0.1, 0.15) is 12.9 Å². The average molecular weight is 425 g/mol. The molecule has 30 heavy (non-hydrogen) atoms. The van der Waals surface area contributed by atoms with Crippen LogP contribution >= 0.6 is 11.8 Å². The predicted octanol–water partition coefficient (Wildman–Crippen LogP) is 2.25. The second-order valence-corrected chi connectivity index (χ2v) is 7.03. The third-order valence-electron chi connectivity index (χ3n) is 3.99. The van der Waals surface area contributed by atoms with E-state index in [1.807, 2.05) is 12.1 Å². The Labute approximate surface area is 176 Å². The molecule has 154 valence electrons. The van der Waals surface area contributed by atoms with Crippen LogP contribution in [0.15, 0.2) is 60.0 Å². The minimum absolute atomic E-state index is 0.229. The minimum Gasteiger partial charge on any atom is -0.468 e. The summed E-state index contributed by atoms with van der Waals surface area (Å²) in [6, 6.07) is 13.7. The van der Waals surface area contributed by atoms with E-state index in [1.165, 1.54) is 31.3 Å². The quantitative estimate of drug-likeness (QED) is 0.373. The number of anilines is 1. The minimum atomic E-state index is -0.546. The van der Waals surface area contributed by atoms with Crippen molar-refractivity contribution in [3.8, 4) is 0 Å². The van der Waals surface area contributed by atoms with Gasteiger partial charge < -0.3 is 15.4 Å². The first-order chi connectivity index (χ1) is 14.5. The van der Waals surface area contributed by atoms with Crippen molar-refractivity contribution in [3.63, 3.8) is 0 Å². The number of aromatic nitrogens is 3. The summed E-state index contributed by atoms with van der Waals surface area (Å²) in [5, 5.41) is 12.5. The molecule has 0 aliphatic heterocycles. The van der Waals surface area contributed by atoms with Crippen molar-refractivity contribution in [2.45, 2.75) is 10.9 Å². The Morgan fingerprint density at radius 1 is 1.07 bits per heavy atom. The summed E-state index contributed by atoms with van der Waals surface area (Å²) in [4.78, 5) is 39.8. The second-order valence-electron chi connectivity index (χ2n) is 6.07. The van der Waals surface area contributed by atoms with Crippen LogP contribution in [-0.4, -0.2) is 46.6 Å². The van der Waals surface area contributed by atoms with Gasteiger partial charge in [-0.3, -0.25) is 19.5 Å². The van der Waals surface area contributed by atoms with Gasteiger partial charge in [-0.25, -0.2) is 4.98 Å². The van der Waals surface area contributed by atoms with Crippen molar-refractivity contribution in [2.24, 2.45) is 0 Å². The Hall–Kier alpha value is -3.66. The monoisotopic (exact) mass is 425 g/mol. The molecule has 0 bridgehead atoms. The lowest BCUT2D eigenvalue weighted by molar-refractivity contribution is -0.139. The van der Waals surface area contributed by atoms with E-state index in [2.05, 4.69) is 30.6 Å². The molecule has 10 heteroatoms. The number of amides is 2. The molecule has 0 fully saturated rings. The van der Waals surface area contributed by atoms with Crippen LogP contribution in [0.4, 0.5) is 5.69 Å². The number of carbonyl (C=O) groups is 3. The fraction of sp³-hybridized carbons (Fsp3) is 0.150. The molecule has 9 nitrogen and oxygen atoms in total. The molecule has 1 aromatic heterocycles. The lowest BCUT2D eigenvalue weighted by Gasteiger charge is -2.08. The van der Waals surface area contributed by atoms with Crippen LogP contribution in [0, 0.1) is 0 Å². The maximum absolute atomic E-state index is 12.5. The van der Waals surface area contributed by atoms with Crippen molar-refractivity contribution in [1.82, 2.24) is 20.5 Å². The van der Waals surface area contributed by atoms with E-state index in [0.29, 0.717) is 22.6 Å². The van der Waals surface area contributed by atoms with E-state index in [-0.39, 0.29) is 12.5 Å². The first-order valence-electron chi connectivity index (χ1n) is 8.88. The van der Waals surface area contributed by atoms with E-state index in [4.69, 9.17) is 0 Å². The van der Waals surface area contributed by atoms with Gasteiger partial charge in [0.2, 0.25) is 0 Å². The van der Waals surface area contributed by atoms with Crippen LogP contribution in [0.2, 0.25) is 0 Å². The molecular weight excluding hydrogens is 406 g/mol. The number of hydrogen-bond donors (Lipinski definition) is 3. The van der Waals surface area contributed by atoms with Crippen molar-refractivity contribution in [2.75, 3.05) is 19.0 Å². The summed E-state index contributed by atoms with van der Waals surface area (Å²) in [6.45, 7) is -0.229. The summed E-state index contributed by atoms with van der Waals surface area (Å²) in [5.41, 5.74) is 2.31. The highest BCUT2D eigenvalue weighted by Gasteiger charge is 2.11. The first kappa shape index (κ1) is 21.1. The van der Waals surface area contributed by atoms with Crippen molar-refractivity contribution in [1.29, 1.82) is 0 Å². The molecule has 2 amide bonds. The van der Waals surface area contributed by atoms with E-state index in [1.54, 1.807) is 30.3 Å². The van der Waals surface area contributed by atoms with Crippen molar-refractivity contribution >= 4 is 35.2 Å². The van der Waals surface area contributed by atoms with Gasteiger partial charge in [-0.1, -0.05) is 30.0 Å². The normalized spacial score (nSPS) is 10.3. The standard InChI is InChI=1S/C20H19N5O4S/c1-29-17(26)10-21-18(27)15-3-2-4-16(9-15)24-19(28)14-7-5-13(6-8-14)11-30-20-22-12-23-25-20/h2-9,12H,10-11H2,1H3,(H,21,27)(H,24,28)(H,22,23,25). The lowest BCUT2D eigenvalue weighted by atomic mass is 10.1. The lowest BCUT2D eigenvalue weighted by Crippen LogP contribution is -2.30. The number of nitrogens with zero attached hydrogens (tertiary/aromatic N) is 2. The van der Waals surface area contributed by atoms with Crippen LogP contribution in [0.3, 0.4) is 0 Å². The highest BCUT2D eigenvalue weighted by Crippen LogP contribution is 2.19. The summed E-state index contributed by atoms with van der Waals surface area (Å²) in [6.07, 6.45) is 1.45. The summed E-state index contributed by atoms with van der Waals surface area (Å²) in [5.74, 6) is -0.586. The van der Waals surface area contributed by atoms with Crippen LogP contribution in [0.25, 0.3) is 0 Å². The van der Waals surface area contributed by atoms with Gasteiger partial charge in [0, 0.05) is 22.6 Å². The predicted molar refractivity (Wildman–Crippen MR) is 111 cm³/mol. The number of nitrogens with one attached hydrogen (secondary N) is 3. The smallest absolute Gasteiger partial charge is 0.325 e. The maximum Gasteiger partial charge on any atom is 0.325 e. The molecule has 1 heterocycles. The Kier molecular flexibility index (Phi) is 7.17. The molecule has 0 atom stereocenters. The highest BCUT2D eigenvalue weighted by atomic mass is 32.2. The van der Waals surface area contributed by atoms with E-state index in [9.17, 15) is 14.4 Å². The Morgan fingerprint density at radius 2 is 1.87 bits per heavy atom. The fourth-order valence-electron chi connectivity index (χ4n) is 2.44. The third kappa shape index (κ3) is 5.92. The molecule has 2 aromatic carbocycles. The number of hydrogen-bond acceptors (Lipinski definition) is 7. The van der Waals surface area contributed by atoms with E-state index in [0.717, 1.165) is 10.7 Å². The van der Waals surface area contributed by atoms with Gasteiger partial charge in [-0.2, -0.15) is 5.10 Å². The van der Waals surface area contributed by atoms with Crippen LogP contribution in [0.5, 0.6) is 0 Å². The molecule has 3 aromatic rings. The molecule has 0 unspecified atom stereocenters. The Balaban J connectivity index is 1.57. The number of H-pyrrole nitrogens is 1. The van der Waals surface area contributed by atoms with E-state index >= 15 is 0 Å². The summed E-state index contributed by atoms with van der Waals surface area (Å²) >= 11 is 1.51. The summed E-state index contributed by atoms with van der Waals surface area (Å²) < 4.78 is 4.48. The average Bonchev–Trinajstić information content (AvgIpc) is 3.30. The fourth-order valence-corrected chi connectivity index (χ4v) is 3.17. The number of benzene rings is 2. The van der Waals surface area contributed by atoms with Gasteiger partial charge in [0.15, 0.2) is 5.16 Å². The molecular formula is C20H19N5O4S. The number of esters is 1. The molecule has 0 saturated carbocycles. The molecule has 0 aliphatic carbocycles. The second kappa shape index (κ2) is 10.2. The Bertz CT molecular complexity index is 1020.